The van der Waals surface area contributed by atoms with Crippen LogP contribution in [0.5, 0.6) is 0 Å². The van der Waals surface area contributed by atoms with Gasteiger partial charge >= 0.3 is 35.5 Å². The fraction of sp³-hybridized carbons (Fsp3) is 0.417. The Morgan fingerprint density at radius 3 is 2.40 bits per heavy atom. The van der Waals surface area contributed by atoms with Gasteiger partial charge in [0.05, 0.1) is 18.7 Å². The minimum Gasteiger partial charge on any atom is -0.546 e. The van der Waals surface area contributed by atoms with Gasteiger partial charge in [-0.05, 0) is 19.4 Å². The van der Waals surface area contributed by atoms with E-state index in [4.69, 9.17) is 0 Å². The van der Waals surface area contributed by atoms with Crippen molar-refractivity contribution in [2.75, 3.05) is 7.11 Å². The second-order valence-electron chi connectivity index (χ2n) is 3.98. The molecule has 1 atom stereocenters. The van der Waals surface area contributed by atoms with Crippen molar-refractivity contribution in [1.29, 1.82) is 0 Å². The number of dihydropyridines is 1. The van der Waals surface area contributed by atoms with E-state index in [1.807, 2.05) is 0 Å². The summed E-state index contributed by atoms with van der Waals surface area (Å²) in [5.41, 5.74) is 1.60. The number of hydrogen-bond acceptors (Lipinski definition) is 7. The van der Waals surface area contributed by atoms with E-state index in [1.165, 1.54) is 7.11 Å². The predicted molar refractivity (Wildman–Crippen MR) is 61.1 cm³/mol. The second-order valence-corrected chi connectivity index (χ2v) is 3.98. The molecule has 0 aromatic rings. The maximum absolute atomic E-state index is 11.6. The van der Waals surface area contributed by atoms with Crippen LogP contribution in [0.15, 0.2) is 22.5 Å². The predicted octanol–water partition coefficient (Wildman–Crippen LogP) is -4.00. The Kier molecular flexibility index (Phi) is 7.55. The number of aliphatic carboxylic acids is 1. The number of hydrogen-bond donors (Lipinski definition) is 1. The molecule has 0 fully saturated rings. The van der Waals surface area contributed by atoms with E-state index in [-0.39, 0.29) is 53.6 Å². The van der Waals surface area contributed by atoms with Gasteiger partial charge in [0.25, 0.3) is 6.47 Å². The quantitative estimate of drug-likeness (QED) is 0.313. The van der Waals surface area contributed by atoms with Gasteiger partial charge in [-0.15, -0.1) is 0 Å². The summed E-state index contributed by atoms with van der Waals surface area (Å²) in [4.78, 5) is 32.9. The smallest absolute Gasteiger partial charge is 0.546 e. The van der Waals surface area contributed by atoms with E-state index in [0.29, 0.717) is 11.4 Å². The molecule has 0 radical (unpaired) electrons. The maximum atomic E-state index is 11.6. The van der Waals surface area contributed by atoms with Crippen LogP contribution in [-0.2, 0) is 23.9 Å². The van der Waals surface area contributed by atoms with E-state index in [9.17, 15) is 19.5 Å². The van der Waals surface area contributed by atoms with Crippen LogP contribution in [0.1, 0.15) is 20.3 Å². The molecule has 0 saturated carbocycles. The molecule has 1 unspecified atom stereocenters. The first kappa shape index (κ1) is 18.7. The molecule has 1 heterocycles. The molecule has 1 aliphatic heterocycles. The Morgan fingerprint density at radius 2 is 1.95 bits per heavy atom. The van der Waals surface area contributed by atoms with E-state index in [0.717, 1.165) is 0 Å². The minimum atomic E-state index is -1.55. The van der Waals surface area contributed by atoms with Gasteiger partial charge in [-0.1, -0.05) is 0 Å². The van der Waals surface area contributed by atoms with Crippen LogP contribution in [0.3, 0.4) is 0 Å². The maximum Gasteiger partial charge on any atom is 1.00 e. The Bertz CT molecular complexity index is 482. The fourth-order valence-corrected chi connectivity index (χ4v) is 1.87. The van der Waals surface area contributed by atoms with Crippen LogP contribution in [-0.4, -0.2) is 31.6 Å². The van der Waals surface area contributed by atoms with Gasteiger partial charge in [-0.2, -0.15) is 0 Å². The van der Waals surface area contributed by atoms with Crippen molar-refractivity contribution in [3.05, 3.63) is 22.5 Å². The minimum absolute atomic E-state index is 0. The number of esters is 1. The van der Waals surface area contributed by atoms with E-state index < -0.39 is 18.0 Å². The van der Waals surface area contributed by atoms with E-state index in [2.05, 4.69) is 14.8 Å². The molecule has 1 N–H and O–H groups in total. The first-order valence-electron chi connectivity index (χ1n) is 5.47. The third kappa shape index (κ3) is 4.09. The molecule has 0 bridgehead atoms. The van der Waals surface area contributed by atoms with Crippen LogP contribution in [0.25, 0.3) is 0 Å². The molecule has 0 aromatic heterocycles. The van der Waals surface area contributed by atoms with Crippen LogP contribution in [0.2, 0.25) is 0 Å². The van der Waals surface area contributed by atoms with Crippen molar-refractivity contribution in [1.82, 2.24) is 5.32 Å². The molecule has 0 amide bonds. The number of carboxylic acid groups (broad SMARTS) is 1. The zero-order valence-electron chi connectivity index (χ0n) is 11.8. The summed E-state index contributed by atoms with van der Waals surface area (Å²) in [7, 11) is 1.23. The number of carbonyl (C=O) groups is 3. The molecule has 0 aromatic carbocycles. The average molecular weight is 291 g/mol. The topological polar surface area (TPSA) is 105 Å². The van der Waals surface area contributed by atoms with Crippen molar-refractivity contribution in [2.45, 2.75) is 26.4 Å². The first-order valence-corrected chi connectivity index (χ1v) is 5.47. The van der Waals surface area contributed by atoms with Gasteiger partial charge in [0.2, 0.25) is 0 Å². The van der Waals surface area contributed by atoms with Crippen LogP contribution >= 0.6 is 0 Å². The monoisotopic (exact) mass is 291 g/mol. The van der Waals surface area contributed by atoms with Crippen molar-refractivity contribution >= 4 is 18.4 Å². The van der Waals surface area contributed by atoms with Gasteiger partial charge in [-0.25, -0.2) is 4.79 Å². The summed E-state index contributed by atoms with van der Waals surface area (Å²) >= 11 is 0. The number of allylic oxidation sites excluding steroid dienone is 2. The molecular formula is C12H14NNaO6. The Labute approximate surface area is 138 Å². The molecule has 104 valence electrons. The third-order valence-electron chi connectivity index (χ3n) is 2.83. The van der Waals surface area contributed by atoms with Gasteiger partial charge < -0.3 is 24.7 Å². The van der Waals surface area contributed by atoms with Crippen LogP contribution < -0.4 is 40.0 Å². The van der Waals surface area contributed by atoms with E-state index in [1.54, 1.807) is 13.8 Å². The van der Waals surface area contributed by atoms with Gasteiger partial charge in [-0.3, -0.25) is 4.79 Å². The standard InChI is InChI=1S/C12H15NO6.Na/c1-6-8(10(11(15)16)19-5-14)4-9(7(2)13-6)12(17)18-3;/h5,10,13H,4H2,1-3H3,(H,15,16);/q;+1/p-1. The van der Waals surface area contributed by atoms with Crippen molar-refractivity contribution in [3.8, 4) is 0 Å². The molecule has 0 saturated heterocycles. The summed E-state index contributed by atoms with van der Waals surface area (Å²) < 4.78 is 9.11. The van der Waals surface area contributed by atoms with Gasteiger partial charge in [0.1, 0.15) is 0 Å². The molecule has 1 rings (SSSR count). The van der Waals surface area contributed by atoms with Crippen molar-refractivity contribution in [3.63, 3.8) is 0 Å². The fourth-order valence-electron chi connectivity index (χ4n) is 1.87. The summed E-state index contributed by atoms with van der Waals surface area (Å²) in [5.74, 6) is -2.12. The summed E-state index contributed by atoms with van der Waals surface area (Å²) in [6.07, 6.45) is -1.51. The Morgan fingerprint density at radius 1 is 1.35 bits per heavy atom. The number of carbonyl (C=O) groups excluding carboxylic acids is 3. The zero-order valence-corrected chi connectivity index (χ0v) is 13.8. The molecule has 7 nitrogen and oxygen atoms in total. The molecule has 0 aliphatic carbocycles. The summed E-state index contributed by atoms with van der Waals surface area (Å²) in [6, 6.07) is 0. The molecule has 20 heavy (non-hydrogen) atoms. The Hall–Kier alpha value is -1.31. The van der Waals surface area contributed by atoms with Gasteiger partial charge in [0.15, 0.2) is 6.10 Å². The second kappa shape index (κ2) is 8.08. The molecule has 0 spiro atoms. The number of nitrogens with one attached hydrogen (secondary N) is 1. The molecule has 8 heteroatoms. The normalized spacial score (nSPS) is 15.8. The number of methoxy groups -OCH3 is 1. The SMILES string of the molecule is COC(=O)C1=C(C)NC(C)=C(C(OC=O)C(=O)[O-])C1.[Na+]. The number of rotatable bonds is 5. The van der Waals surface area contributed by atoms with Crippen LogP contribution in [0.4, 0.5) is 0 Å². The third-order valence-corrected chi connectivity index (χ3v) is 2.83. The summed E-state index contributed by atoms with van der Waals surface area (Å²) in [5, 5.41) is 13.8. The molecular weight excluding hydrogens is 277 g/mol. The van der Waals surface area contributed by atoms with Crippen molar-refractivity contribution < 1.29 is 58.5 Å². The number of carboxylic acids is 1. The first-order chi connectivity index (χ1) is 8.92. The Balaban J connectivity index is 0.00000361. The van der Waals surface area contributed by atoms with Crippen molar-refractivity contribution in [2.24, 2.45) is 0 Å². The number of ether oxygens (including phenoxy) is 2. The largest absolute Gasteiger partial charge is 1.00 e. The average Bonchev–Trinajstić information content (AvgIpc) is 2.35. The zero-order chi connectivity index (χ0) is 14.6. The van der Waals surface area contributed by atoms with Gasteiger partial charge in [0, 0.05) is 17.8 Å². The molecule has 1 aliphatic rings. The van der Waals surface area contributed by atoms with Crippen LogP contribution in [0, 0.1) is 0 Å². The van der Waals surface area contributed by atoms with E-state index >= 15 is 0 Å². The summed E-state index contributed by atoms with van der Waals surface area (Å²) in [6.45, 7) is 3.32.